The molecular weight excluding hydrogens is 418 g/mol. The molecule has 4 nitrogen and oxygen atoms in total. The average molecular weight is 458 g/mol. The lowest BCUT2D eigenvalue weighted by atomic mass is 9.86. The maximum atomic E-state index is 13.9. The molecule has 0 aliphatic carbocycles. The Morgan fingerprint density at radius 3 is 2.34 bits per heavy atom. The van der Waals surface area contributed by atoms with Crippen LogP contribution < -0.4 is 10.1 Å². The molecule has 1 aliphatic rings. The molecule has 0 fully saturated rings. The Morgan fingerprint density at radius 2 is 1.78 bits per heavy atom. The Morgan fingerprint density at radius 1 is 1.09 bits per heavy atom. The number of nitrogens with one attached hydrogen (secondary N) is 1. The molecule has 2 aromatic carbocycles. The number of methoxy groups -OCH3 is 1. The molecule has 0 amide bonds. The van der Waals surface area contributed by atoms with Gasteiger partial charge in [-0.25, -0.2) is 8.42 Å². The summed E-state index contributed by atoms with van der Waals surface area (Å²) in [4.78, 5) is 0.466. The average Bonchev–Trinajstić information content (AvgIpc) is 2.91. The molecular formula is C27H39NO3S. The van der Waals surface area contributed by atoms with Crippen molar-refractivity contribution in [1.29, 1.82) is 0 Å². The third kappa shape index (κ3) is 4.89. The van der Waals surface area contributed by atoms with Gasteiger partial charge in [0.05, 0.1) is 23.8 Å². The molecule has 0 bridgehead atoms. The second kappa shape index (κ2) is 10.4. The first-order valence-corrected chi connectivity index (χ1v) is 13.8. The fraction of sp³-hybridized carbons (Fsp3) is 0.556. The van der Waals surface area contributed by atoms with E-state index in [1.165, 1.54) is 0 Å². The summed E-state index contributed by atoms with van der Waals surface area (Å²) in [6.45, 7) is 8.56. The Kier molecular flexibility index (Phi) is 8.05. The number of rotatable bonds is 9. The molecule has 3 rings (SSSR count). The highest BCUT2D eigenvalue weighted by molar-refractivity contribution is 7.91. The van der Waals surface area contributed by atoms with Gasteiger partial charge in [0.25, 0.3) is 0 Å². The lowest BCUT2D eigenvalue weighted by Crippen LogP contribution is -2.50. The van der Waals surface area contributed by atoms with Gasteiger partial charge in [-0.1, -0.05) is 70.9 Å². The number of benzene rings is 2. The van der Waals surface area contributed by atoms with Crippen molar-refractivity contribution in [2.75, 3.05) is 12.9 Å². The lowest BCUT2D eigenvalue weighted by molar-refractivity contribution is 0.294. The Balaban J connectivity index is 2.29. The highest BCUT2D eigenvalue weighted by Crippen LogP contribution is 2.43. The Labute approximate surface area is 194 Å². The van der Waals surface area contributed by atoms with Crippen LogP contribution in [-0.2, 0) is 9.84 Å². The molecule has 0 saturated heterocycles. The van der Waals surface area contributed by atoms with E-state index in [1.807, 2.05) is 30.3 Å². The number of hydrogen-bond acceptors (Lipinski definition) is 4. The van der Waals surface area contributed by atoms with E-state index in [2.05, 4.69) is 45.1 Å². The van der Waals surface area contributed by atoms with E-state index in [0.29, 0.717) is 4.90 Å². The SMILES string of the molecule is CCCC[C@]1(CC)CS(=O)(=O)c2cc(C(CC)CC)c(OC)cc2[C@@H](c2ccccc2)N1. The number of sulfone groups is 1. The predicted molar refractivity (Wildman–Crippen MR) is 132 cm³/mol. The largest absolute Gasteiger partial charge is 0.496 e. The highest BCUT2D eigenvalue weighted by Gasteiger charge is 2.42. The van der Waals surface area contributed by atoms with Gasteiger partial charge in [-0.15, -0.1) is 0 Å². The highest BCUT2D eigenvalue weighted by atomic mass is 32.2. The van der Waals surface area contributed by atoms with Crippen LogP contribution in [0.4, 0.5) is 0 Å². The van der Waals surface area contributed by atoms with E-state index in [1.54, 1.807) is 7.11 Å². The fourth-order valence-electron chi connectivity index (χ4n) is 5.13. The number of ether oxygens (including phenoxy) is 1. The molecule has 1 heterocycles. The molecule has 0 unspecified atom stereocenters. The normalized spacial score (nSPS) is 22.4. The summed E-state index contributed by atoms with van der Waals surface area (Å²) in [6.07, 6.45) is 5.53. The summed E-state index contributed by atoms with van der Waals surface area (Å²) in [5.74, 6) is 1.18. The van der Waals surface area contributed by atoms with Crippen molar-refractivity contribution >= 4 is 9.84 Å². The third-order valence-electron chi connectivity index (χ3n) is 7.17. The van der Waals surface area contributed by atoms with Crippen LogP contribution >= 0.6 is 0 Å². The zero-order valence-corrected chi connectivity index (χ0v) is 21.1. The van der Waals surface area contributed by atoms with Gasteiger partial charge >= 0.3 is 0 Å². The monoisotopic (exact) mass is 457 g/mol. The third-order valence-corrected chi connectivity index (χ3v) is 9.13. The molecule has 0 radical (unpaired) electrons. The lowest BCUT2D eigenvalue weighted by Gasteiger charge is -2.36. The first-order chi connectivity index (χ1) is 15.3. The zero-order chi connectivity index (χ0) is 23.4. The summed E-state index contributed by atoms with van der Waals surface area (Å²) in [5, 5.41) is 3.84. The molecule has 0 aromatic heterocycles. The second-order valence-corrected chi connectivity index (χ2v) is 11.1. The van der Waals surface area contributed by atoms with Crippen LogP contribution in [0.5, 0.6) is 5.75 Å². The van der Waals surface area contributed by atoms with Crippen LogP contribution in [0, 0.1) is 0 Å². The van der Waals surface area contributed by atoms with E-state index < -0.39 is 15.4 Å². The van der Waals surface area contributed by atoms with Gasteiger partial charge in [-0.2, -0.15) is 0 Å². The molecule has 0 spiro atoms. The maximum absolute atomic E-state index is 13.9. The van der Waals surface area contributed by atoms with Crippen molar-refractivity contribution in [1.82, 2.24) is 5.32 Å². The summed E-state index contributed by atoms with van der Waals surface area (Å²) in [5.41, 5.74) is 2.42. The van der Waals surface area contributed by atoms with E-state index >= 15 is 0 Å². The predicted octanol–water partition coefficient (Wildman–Crippen LogP) is 6.40. The van der Waals surface area contributed by atoms with Gasteiger partial charge < -0.3 is 4.74 Å². The van der Waals surface area contributed by atoms with Crippen LogP contribution in [0.1, 0.15) is 94.9 Å². The van der Waals surface area contributed by atoms with Crippen LogP contribution in [0.3, 0.4) is 0 Å². The smallest absolute Gasteiger partial charge is 0.180 e. The summed E-state index contributed by atoms with van der Waals surface area (Å²) >= 11 is 0. The molecule has 176 valence electrons. The van der Waals surface area contributed by atoms with Gasteiger partial charge in [0.2, 0.25) is 0 Å². The van der Waals surface area contributed by atoms with Crippen LogP contribution in [0.25, 0.3) is 0 Å². The number of unbranched alkanes of at least 4 members (excludes halogenated alkanes) is 1. The minimum atomic E-state index is -3.49. The topological polar surface area (TPSA) is 55.4 Å². The molecule has 0 saturated carbocycles. The van der Waals surface area contributed by atoms with Crippen molar-refractivity contribution in [3.63, 3.8) is 0 Å². The fourth-order valence-corrected chi connectivity index (χ4v) is 7.28. The van der Waals surface area contributed by atoms with E-state index in [-0.39, 0.29) is 17.7 Å². The van der Waals surface area contributed by atoms with Crippen molar-refractivity contribution in [3.8, 4) is 5.75 Å². The van der Waals surface area contributed by atoms with Crippen molar-refractivity contribution in [2.45, 2.75) is 88.6 Å². The molecule has 32 heavy (non-hydrogen) atoms. The van der Waals surface area contributed by atoms with Crippen LogP contribution in [0.15, 0.2) is 47.4 Å². The van der Waals surface area contributed by atoms with Crippen molar-refractivity contribution in [2.24, 2.45) is 0 Å². The Hall–Kier alpha value is -1.85. The van der Waals surface area contributed by atoms with E-state index in [4.69, 9.17) is 4.74 Å². The summed E-state index contributed by atoms with van der Waals surface area (Å²) in [7, 11) is -1.80. The van der Waals surface area contributed by atoms with Crippen LogP contribution in [-0.4, -0.2) is 26.8 Å². The molecule has 1 aliphatic heterocycles. The van der Waals surface area contributed by atoms with Crippen molar-refractivity contribution in [3.05, 3.63) is 59.2 Å². The molecule has 5 heteroatoms. The van der Waals surface area contributed by atoms with Gasteiger partial charge in [-0.3, -0.25) is 5.32 Å². The quantitative estimate of drug-likeness (QED) is 0.473. The summed E-state index contributed by atoms with van der Waals surface area (Å²) in [6, 6.07) is 13.9. The van der Waals surface area contributed by atoms with Gasteiger partial charge in [0.1, 0.15) is 5.75 Å². The van der Waals surface area contributed by atoms with E-state index in [9.17, 15) is 8.42 Å². The molecule has 2 aromatic rings. The van der Waals surface area contributed by atoms with Gasteiger partial charge in [0, 0.05) is 5.54 Å². The molecule has 2 atom stereocenters. The number of hydrogen-bond donors (Lipinski definition) is 1. The Bertz CT molecular complexity index is 999. The van der Waals surface area contributed by atoms with E-state index in [0.717, 1.165) is 61.0 Å². The first kappa shape index (κ1) is 24.8. The first-order valence-electron chi connectivity index (χ1n) is 12.1. The van der Waals surface area contributed by atoms with Crippen molar-refractivity contribution < 1.29 is 13.2 Å². The van der Waals surface area contributed by atoms with Gasteiger partial charge in [-0.05, 0) is 60.4 Å². The zero-order valence-electron chi connectivity index (χ0n) is 20.3. The minimum absolute atomic E-state index is 0.127. The summed E-state index contributed by atoms with van der Waals surface area (Å²) < 4.78 is 33.6. The minimum Gasteiger partial charge on any atom is -0.496 e. The standard InChI is InChI=1S/C27H39NO3S/c1-6-10-16-27(9-4)19-32(29,30)25-18-22(20(7-2)8-3)24(31-5)17-23(25)26(28-27)21-14-12-11-13-15-21/h11-15,17-18,20,26,28H,6-10,16,19H2,1-5H3/t26-,27-/m1/s1. The number of fused-ring (bicyclic) bond motifs is 1. The molecule has 1 N–H and O–H groups in total. The van der Waals surface area contributed by atoms with Crippen LogP contribution in [0.2, 0.25) is 0 Å². The second-order valence-electron chi connectivity index (χ2n) is 9.13. The maximum Gasteiger partial charge on any atom is 0.180 e. The van der Waals surface area contributed by atoms with Gasteiger partial charge in [0.15, 0.2) is 9.84 Å².